The van der Waals surface area contributed by atoms with Crippen LogP contribution in [-0.2, 0) is 10.0 Å². The van der Waals surface area contributed by atoms with Crippen molar-refractivity contribution in [3.8, 4) is 0 Å². The number of anilines is 1. The summed E-state index contributed by atoms with van der Waals surface area (Å²) in [5, 5.41) is 0.840. The van der Waals surface area contributed by atoms with Crippen LogP contribution >= 0.6 is 66.4 Å². The largest absolute Gasteiger partial charge is 0.278 e. The Morgan fingerprint density at radius 2 is 1.80 bits per heavy atom. The van der Waals surface area contributed by atoms with Gasteiger partial charge in [-0.2, -0.15) is 0 Å². The van der Waals surface area contributed by atoms with Gasteiger partial charge in [0, 0.05) is 9.50 Å². The van der Waals surface area contributed by atoms with Crippen molar-refractivity contribution >= 4 is 82.1 Å². The lowest BCUT2D eigenvalue weighted by Gasteiger charge is -2.10. The summed E-state index contributed by atoms with van der Waals surface area (Å²) in [5.41, 5.74) is 1.23. The third kappa shape index (κ3) is 3.51. The van der Waals surface area contributed by atoms with E-state index in [4.69, 9.17) is 23.2 Å². The topological polar surface area (TPSA) is 46.2 Å². The molecule has 0 saturated heterocycles. The lowest BCUT2D eigenvalue weighted by Crippen LogP contribution is -2.12. The molecule has 2 aromatic rings. The molecule has 0 saturated carbocycles. The third-order valence-electron chi connectivity index (χ3n) is 2.38. The third-order valence-corrected chi connectivity index (χ3v) is 7.76. The van der Waals surface area contributed by atoms with Gasteiger partial charge in [0.25, 0.3) is 10.0 Å². The molecule has 0 unspecified atom stereocenters. The molecular weight excluding hydrogens is 473 g/mol. The van der Waals surface area contributed by atoms with Crippen molar-refractivity contribution in [3.05, 3.63) is 42.1 Å². The maximum absolute atomic E-state index is 12.3. The lowest BCUT2D eigenvalue weighted by atomic mass is 10.2. The summed E-state index contributed by atoms with van der Waals surface area (Å²) in [4.78, 5) is 0. The first-order chi connectivity index (χ1) is 9.20. The van der Waals surface area contributed by atoms with Crippen molar-refractivity contribution in [3.63, 3.8) is 0 Å². The van der Waals surface area contributed by atoms with E-state index in [2.05, 4.69) is 36.6 Å². The zero-order valence-corrected chi connectivity index (χ0v) is 16.2. The van der Waals surface area contributed by atoms with Gasteiger partial charge in [0.15, 0.2) is 0 Å². The highest BCUT2D eigenvalue weighted by molar-refractivity contribution is 9.11. The minimum absolute atomic E-state index is 0.123. The van der Waals surface area contributed by atoms with Gasteiger partial charge in [0.05, 0.1) is 14.5 Å². The summed E-state index contributed by atoms with van der Waals surface area (Å²) >= 11 is 19.4. The van der Waals surface area contributed by atoms with E-state index in [0.29, 0.717) is 24.0 Å². The molecule has 1 heterocycles. The van der Waals surface area contributed by atoms with Crippen molar-refractivity contribution in [2.75, 3.05) is 4.72 Å². The quantitative estimate of drug-likeness (QED) is 0.614. The van der Waals surface area contributed by atoms with E-state index in [1.165, 1.54) is 6.07 Å². The van der Waals surface area contributed by atoms with Crippen LogP contribution in [0.25, 0.3) is 0 Å². The Morgan fingerprint density at radius 1 is 1.15 bits per heavy atom. The second kappa shape index (κ2) is 6.14. The summed E-state index contributed by atoms with van der Waals surface area (Å²) in [5.74, 6) is 0. The van der Waals surface area contributed by atoms with E-state index in [0.717, 1.165) is 16.9 Å². The molecular formula is C11H7Br2Cl2NO2S2. The van der Waals surface area contributed by atoms with Gasteiger partial charge in [-0.1, -0.05) is 23.2 Å². The minimum Gasteiger partial charge on any atom is -0.278 e. The maximum Gasteiger partial charge on any atom is 0.271 e. The lowest BCUT2D eigenvalue weighted by molar-refractivity contribution is 0.603. The molecule has 0 spiro atoms. The van der Waals surface area contributed by atoms with Crippen molar-refractivity contribution in [1.82, 2.24) is 0 Å². The highest BCUT2D eigenvalue weighted by Gasteiger charge is 2.20. The summed E-state index contributed by atoms with van der Waals surface area (Å²) < 4.78 is 28.3. The Labute approximate surface area is 147 Å². The monoisotopic (exact) mass is 477 g/mol. The Hall–Kier alpha value is 0.210. The van der Waals surface area contributed by atoms with Crippen LogP contribution in [0.3, 0.4) is 0 Å². The van der Waals surface area contributed by atoms with Gasteiger partial charge < -0.3 is 0 Å². The number of sulfonamides is 1. The Bertz CT molecular complexity index is 755. The van der Waals surface area contributed by atoms with Crippen LogP contribution in [0.4, 0.5) is 5.69 Å². The number of halogens is 4. The standard InChI is InChI=1S/C11H7Br2Cl2NO2S2/c1-5-2-6(12)9(3-7(5)14)16-20(17,18)10-4-8(15)11(13)19-10/h2-4,16H,1H3. The molecule has 2 rings (SSSR count). The first-order valence-electron chi connectivity index (χ1n) is 5.14. The minimum atomic E-state index is -3.70. The molecule has 0 aliphatic heterocycles. The molecule has 0 aliphatic carbocycles. The molecule has 0 bridgehead atoms. The number of thiophene rings is 1. The van der Waals surface area contributed by atoms with Gasteiger partial charge in [-0.15, -0.1) is 11.3 Å². The van der Waals surface area contributed by atoms with Crippen molar-refractivity contribution in [1.29, 1.82) is 0 Å². The van der Waals surface area contributed by atoms with Gasteiger partial charge in [0.1, 0.15) is 4.21 Å². The molecule has 0 aliphatic rings. The average molecular weight is 480 g/mol. The predicted octanol–water partition coefficient (Wildman–Crippen LogP) is 5.69. The van der Waals surface area contributed by atoms with E-state index in [-0.39, 0.29) is 4.21 Å². The average Bonchev–Trinajstić information content (AvgIpc) is 2.67. The van der Waals surface area contributed by atoms with E-state index < -0.39 is 10.0 Å². The molecule has 1 N–H and O–H groups in total. The van der Waals surface area contributed by atoms with Gasteiger partial charge in [-0.3, -0.25) is 4.72 Å². The highest BCUT2D eigenvalue weighted by Crippen LogP contribution is 2.36. The Kier molecular flexibility index (Phi) is 5.09. The van der Waals surface area contributed by atoms with E-state index >= 15 is 0 Å². The second-order valence-corrected chi connectivity index (χ2v) is 9.82. The number of benzene rings is 1. The van der Waals surface area contributed by atoms with Crippen LogP contribution < -0.4 is 4.72 Å². The van der Waals surface area contributed by atoms with Crippen molar-refractivity contribution in [2.45, 2.75) is 11.1 Å². The van der Waals surface area contributed by atoms with Crippen LogP contribution in [0.1, 0.15) is 5.56 Å². The fourth-order valence-electron chi connectivity index (χ4n) is 1.38. The second-order valence-electron chi connectivity index (χ2n) is 3.87. The zero-order chi connectivity index (χ0) is 15.1. The molecule has 0 fully saturated rings. The summed E-state index contributed by atoms with van der Waals surface area (Å²) in [6.07, 6.45) is 0. The molecule has 1 aromatic carbocycles. The highest BCUT2D eigenvalue weighted by atomic mass is 79.9. The Morgan fingerprint density at radius 3 is 2.35 bits per heavy atom. The molecule has 9 heteroatoms. The van der Waals surface area contributed by atoms with Crippen LogP contribution in [0.5, 0.6) is 0 Å². The summed E-state index contributed by atoms with van der Waals surface area (Å²) in [6, 6.07) is 4.70. The number of aryl methyl sites for hydroxylation is 1. The fourth-order valence-corrected chi connectivity index (χ4v) is 5.70. The number of nitrogens with one attached hydrogen (secondary N) is 1. The summed E-state index contributed by atoms with van der Waals surface area (Å²) in [6.45, 7) is 1.83. The van der Waals surface area contributed by atoms with Crippen LogP contribution in [-0.4, -0.2) is 8.42 Å². The summed E-state index contributed by atoms with van der Waals surface area (Å²) in [7, 11) is -3.70. The Balaban J connectivity index is 2.40. The molecule has 1 aromatic heterocycles. The molecule has 108 valence electrons. The molecule has 0 atom stereocenters. The van der Waals surface area contributed by atoms with Gasteiger partial charge in [-0.25, -0.2) is 8.42 Å². The van der Waals surface area contributed by atoms with E-state index in [1.54, 1.807) is 12.1 Å². The molecule has 20 heavy (non-hydrogen) atoms. The SMILES string of the molecule is Cc1cc(Br)c(NS(=O)(=O)c2cc(Cl)c(Br)s2)cc1Cl. The maximum atomic E-state index is 12.3. The number of hydrogen-bond donors (Lipinski definition) is 1. The number of rotatable bonds is 3. The normalized spacial score (nSPS) is 11.7. The van der Waals surface area contributed by atoms with Gasteiger partial charge in [0.2, 0.25) is 0 Å². The van der Waals surface area contributed by atoms with Gasteiger partial charge in [-0.05, 0) is 62.5 Å². The molecule has 0 radical (unpaired) electrons. The van der Waals surface area contributed by atoms with Crippen LogP contribution in [0.2, 0.25) is 10.0 Å². The van der Waals surface area contributed by atoms with Crippen LogP contribution in [0, 0.1) is 6.92 Å². The predicted molar refractivity (Wildman–Crippen MR) is 91.7 cm³/mol. The number of hydrogen-bond acceptors (Lipinski definition) is 3. The van der Waals surface area contributed by atoms with E-state index in [9.17, 15) is 8.42 Å². The van der Waals surface area contributed by atoms with Crippen LogP contribution in [0.15, 0.2) is 30.7 Å². The van der Waals surface area contributed by atoms with Crippen molar-refractivity contribution in [2.24, 2.45) is 0 Å². The molecule has 0 amide bonds. The zero-order valence-electron chi connectivity index (χ0n) is 9.88. The molecule has 3 nitrogen and oxygen atoms in total. The van der Waals surface area contributed by atoms with Crippen molar-refractivity contribution < 1.29 is 8.42 Å². The first kappa shape index (κ1) is 16.6. The first-order valence-corrected chi connectivity index (χ1v) is 9.78. The van der Waals surface area contributed by atoms with E-state index in [1.807, 2.05) is 6.92 Å². The fraction of sp³-hybridized carbons (Fsp3) is 0.0909. The smallest absolute Gasteiger partial charge is 0.271 e. The van der Waals surface area contributed by atoms with Gasteiger partial charge >= 0.3 is 0 Å².